The van der Waals surface area contributed by atoms with Crippen LogP contribution in [-0.2, 0) is 20.6 Å². The molecule has 1 N–H and O–H groups in total. The Balaban J connectivity index is 1.53. The Morgan fingerprint density at radius 1 is 1.17 bits per heavy atom. The number of hydrogen-bond donors (Lipinski definition) is 1. The van der Waals surface area contributed by atoms with Gasteiger partial charge in [-0.2, -0.15) is 11.8 Å². The molecule has 0 aliphatic carbocycles. The van der Waals surface area contributed by atoms with E-state index in [0.717, 1.165) is 15.8 Å². The van der Waals surface area contributed by atoms with E-state index in [9.17, 15) is 13.2 Å². The number of ether oxygens (including phenoxy) is 2. The summed E-state index contributed by atoms with van der Waals surface area (Å²) in [6, 6.07) is 13.2. The zero-order chi connectivity index (χ0) is 21.6. The van der Waals surface area contributed by atoms with E-state index in [-0.39, 0.29) is 25.0 Å². The number of nitrogens with zero attached hydrogens (tertiary/aromatic N) is 1. The van der Waals surface area contributed by atoms with Gasteiger partial charge in [0.05, 0.1) is 11.4 Å². The predicted octanol–water partition coefficient (Wildman–Crippen LogP) is 2.93. The zero-order valence-corrected chi connectivity index (χ0v) is 18.7. The van der Waals surface area contributed by atoms with Crippen LogP contribution >= 0.6 is 11.8 Å². The lowest BCUT2D eigenvalue weighted by molar-refractivity contribution is -0.119. The Labute approximate surface area is 181 Å². The summed E-state index contributed by atoms with van der Waals surface area (Å²) in [7, 11) is -3.63. The average Bonchev–Trinajstić information content (AvgIpc) is 3.19. The first-order valence-electron chi connectivity index (χ1n) is 9.69. The summed E-state index contributed by atoms with van der Waals surface area (Å²) >= 11 is 1.72. The second-order valence-electron chi connectivity index (χ2n) is 6.84. The quantitative estimate of drug-likeness (QED) is 0.560. The van der Waals surface area contributed by atoms with Gasteiger partial charge in [-0.15, -0.1) is 0 Å². The molecule has 0 aromatic heterocycles. The van der Waals surface area contributed by atoms with Crippen LogP contribution in [-0.4, -0.2) is 45.7 Å². The number of aryl methyl sites for hydroxylation is 1. The van der Waals surface area contributed by atoms with E-state index in [1.165, 1.54) is 11.1 Å². The zero-order valence-electron chi connectivity index (χ0n) is 17.1. The van der Waals surface area contributed by atoms with Gasteiger partial charge in [-0.1, -0.05) is 29.8 Å². The largest absolute Gasteiger partial charge is 0.454 e. The summed E-state index contributed by atoms with van der Waals surface area (Å²) in [5.41, 5.74) is 2.85. The van der Waals surface area contributed by atoms with Crippen molar-refractivity contribution in [1.29, 1.82) is 0 Å². The van der Waals surface area contributed by atoms with Crippen molar-refractivity contribution < 1.29 is 22.7 Å². The van der Waals surface area contributed by atoms with Crippen LogP contribution in [0.25, 0.3) is 0 Å². The molecule has 1 aliphatic rings. The molecule has 1 amide bonds. The maximum Gasteiger partial charge on any atom is 0.240 e. The molecule has 7 nitrogen and oxygen atoms in total. The van der Waals surface area contributed by atoms with Gasteiger partial charge in [0.2, 0.25) is 22.7 Å². The molecule has 2 aromatic carbocycles. The highest BCUT2D eigenvalue weighted by atomic mass is 32.2. The van der Waals surface area contributed by atoms with Crippen LogP contribution in [0.4, 0.5) is 5.69 Å². The standard InChI is InChI=1S/C21H26N2O5S2/c1-3-30(25,26)23(18-7-8-19-20(12-18)28-15-27-19)13-21(24)22-9-10-29-14-17-6-4-5-16(2)11-17/h4-8,11-12H,3,9-10,13-15H2,1-2H3,(H,22,24). The first kappa shape index (κ1) is 22.3. The molecule has 0 unspecified atom stereocenters. The fourth-order valence-corrected chi connectivity index (χ4v) is 4.85. The summed E-state index contributed by atoms with van der Waals surface area (Å²) in [6.45, 7) is 3.90. The van der Waals surface area contributed by atoms with Crippen LogP contribution < -0.4 is 19.1 Å². The van der Waals surface area contributed by atoms with Crippen molar-refractivity contribution in [3.63, 3.8) is 0 Å². The van der Waals surface area contributed by atoms with Gasteiger partial charge in [-0.05, 0) is 31.5 Å². The van der Waals surface area contributed by atoms with E-state index in [0.29, 0.717) is 23.7 Å². The highest BCUT2D eigenvalue weighted by Gasteiger charge is 2.25. The minimum Gasteiger partial charge on any atom is -0.454 e. The molecule has 162 valence electrons. The minimum absolute atomic E-state index is 0.0972. The van der Waals surface area contributed by atoms with E-state index in [4.69, 9.17) is 9.47 Å². The number of anilines is 1. The van der Waals surface area contributed by atoms with Crippen molar-refractivity contribution >= 4 is 33.4 Å². The second kappa shape index (κ2) is 10.1. The van der Waals surface area contributed by atoms with E-state index in [1.54, 1.807) is 36.9 Å². The normalized spacial score (nSPS) is 12.6. The Morgan fingerprint density at radius 3 is 2.73 bits per heavy atom. The van der Waals surface area contributed by atoms with Gasteiger partial charge in [0.1, 0.15) is 6.54 Å². The van der Waals surface area contributed by atoms with Gasteiger partial charge in [-0.25, -0.2) is 8.42 Å². The first-order valence-corrected chi connectivity index (χ1v) is 12.5. The van der Waals surface area contributed by atoms with Gasteiger partial charge in [-0.3, -0.25) is 9.10 Å². The molecular formula is C21H26N2O5S2. The molecule has 2 aromatic rings. The van der Waals surface area contributed by atoms with Gasteiger partial charge < -0.3 is 14.8 Å². The molecule has 1 aliphatic heterocycles. The molecule has 9 heteroatoms. The average molecular weight is 451 g/mol. The lowest BCUT2D eigenvalue weighted by Gasteiger charge is -2.23. The molecular weight excluding hydrogens is 424 g/mol. The lowest BCUT2D eigenvalue weighted by Crippen LogP contribution is -2.42. The lowest BCUT2D eigenvalue weighted by atomic mass is 10.2. The first-order chi connectivity index (χ1) is 14.4. The van der Waals surface area contributed by atoms with Crippen molar-refractivity contribution in [3.8, 4) is 11.5 Å². The van der Waals surface area contributed by atoms with Gasteiger partial charge in [0.25, 0.3) is 0 Å². The molecule has 1 heterocycles. The minimum atomic E-state index is -3.63. The fourth-order valence-electron chi connectivity index (χ4n) is 2.99. The maximum absolute atomic E-state index is 12.6. The third-order valence-electron chi connectivity index (χ3n) is 4.55. The maximum atomic E-state index is 12.6. The SMILES string of the molecule is CCS(=O)(=O)N(CC(=O)NCCSCc1cccc(C)c1)c1ccc2c(c1)OCO2. The number of carbonyl (C=O) groups is 1. The van der Waals surface area contributed by atoms with Crippen LogP contribution in [0, 0.1) is 6.92 Å². The van der Waals surface area contributed by atoms with Crippen molar-refractivity contribution in [2.75, 3.05) is 35.7 Å². The van der Waals surface area contributed by atoms with Gasteiger partial charge in [0, 0.05) is 24.1 Å². The number of rotatable bonds is 10. The Hall–Kier alpha value is -2.39. The molecule has 0 saturated carbocycles. The number of benzene rings is 2. The third-order valence-corrected chi connectivity index (χ3v) is 7.32. The molecule has 30 heavy (non-hydrogen) atoms. The Bertz CT molecular complexity index is 995. The Morgan fingerprint density at radius 2 is 1.97 bits per heavy atom. The van der Waals surface area contributed by atoms with Crippen molar-refractivity contribution in [1.82, 2.24) is 5.32 Å². The summed E-state index contributed by atoms with van der Waals surface area (Å²) in [5.74, 6) is 2.18. The van der Waals surface area contributed by atoms with E-state index in [1.807, 2.05) is 6.07 Å². The molecule has 3 rings (SSSR count). The number of fused-ring (bicyclic) bond motifs is 1. The molecule has 0 spiro atoms. The van der Waals surface area contributed by atoms with Gasteiger partial charge >= 0.3 is 0 Å². The predicted molar refractivity (Wildman–Crippen MR) is 120 cm³/mol. The monoisotopic (exact) mass is 450 g/mol. The number of carbonyl (C=O) groups excluding carboxylic acids is 1. The highest BCUT2D eigenvalue weighted by molar-refractivity contribution is 7.98. The second-order valence-corrected chi connectivity index (χ2v) is 10.1. The topological polar surface area (TPSA) is 84.9 Å². The van der Waals surface area contributed by atoms with Crippen LogP contribution in [0.1, 0.15) is 18.1 Å². The number of nitrogens with one attached hydrogen (secondary N) is 1. The van der Waals surface area contributed by atoms with Crippen LogP contribution in [0.2, 0.25) is 0 Å². The molecule has 0 fully saturated rings. The molecule has 0 saturated heterocycles. The van der Waals surface area contributed by atoms with E-state index in [2.05, 4.69) is 30.4 Å². The van der Waals surface area contributed by atoms with E-state index < -0.39 is 10.0 Å². The van der Waals surface area contributed by atoms with Crippen molar-refractivity contribution in [2.24, 2.45) is 0 Å². The summed E-state index contributed by atoms with van der Waals surface area (Å²) in [5, 5.41) is 2.81. The summed E-state index contributed by atoms with van der Waals surface area (Å²) in [6.07, 6.45) is 0. The number of sulfonamides is 1. The van der Waals surface area contributed by atoms with Gasteiger partial charge in [0.15, 0.2) is 11.5 Å². The smallest absolute Gasteiger partial charge is 0.240 e. The Kier molecular flexibility index (Phi) is 7.49. The van der Waals surface area contributed by atoms with Crippen LogP contribution in [0.3, 0.4) is 0 Å². The number of hydrogen-bond acceptors (Lipinski definition) is 6. The molecule has 0 radical (unpaired) electrons. The fraction of sp³-hybridized carbons (Fsp3) is 0.381. The van der Waals surface area contributed by atoms with Crippen LogP contribution in [0.5, 0.6) is 11.5 Å². The summed E-state index contributed by atoms with van der Waals surface area (Å²) in [4.78, 5) is 12.4. The summed E-state index contributed by atoms with van der Waals surface area (Å²) < 4.78 is 36.8. The number of amides is 1. The van der Waals surface area contributed by atoms with Crippen LogP contribution in [0.15, 0.2) is 42.5 Å². The molecule has 0 atom stereocenters. The third kappa shape index (κ3) is 5.82. The van der Waals surface area contributed by atoms with Crippen molar-refractivity contribution in [2.45, 2.75) is 19.6 Å². The molecule has 0 bridgehead atoms. The van der Waals surface area contributed by atoms with Crippen molar-refractivity contribution in [3.05, 3.63) is 53.6 Å². The highest BCUT2D eigenvalue weighted by Crippen LogP contribution is 2.36. The van der Waals surface area contributed by atoms with E-state index >= 15 is 0 Å². The number of thioether (sulfide) groups is 1.